The van der Waals surface area contributed by atoms with Crippen LogP contribution in [0.2, 0.25) is 0 Å². The summed E-state index contributed by atoms with van der Waals surface area (Å²) in [6.07, 6.45) is 0.840. The zero-order valence-electron chi connectivity index (χ0n) is 14.9. The Labute approximate surface area is 161 Å². The number of hydrogen-bond acceptors (Lipinski definition) is 5. The Morgan fingerprint density at radius 1 is 1.19 bits per heavy atom. The lowest BCUT2D eigenvalue weighted by Crippen LogP contribution is -2.35. The van der Waals surface area contributed by atoms with Crippen molar-refractivity contribution >= 4 is 48.4 Å². The molecular formula is C18H20N4O3S2. The molecule has 27 heavy (non-hydrogen) atoms. The number of hydrogen-bond donors (Lipinski definition) is 3. The predicted octanol–water partition coefficient (Wildman–Crippen LogP) is 4.02. The summed E-state index contributed by atoms with van der Waals surface area (Å²) in [6.45, 7) is 3.92. The molecular weight excluding hydrogens is 384 g/mol. The van der Waals surface area contributed by atoms with E-state index in [9.17, 15) is 13.2 Å². The summed E-state index contributed by atoms with van der Waals surface area (Å²) in [5, 5.41) is 5.87. The third-order valence-corrected chi connectivity index (χ3v) is 6.33. The van der Waals surface area contributed by atoms with E-state index in [0.717, 1.165) is 11.1 Å². The van der Waals surface area contributed by atoms with E-state index in [0.29, 0.717) is 11.2 Å². The van der Waals surface area contributed by atoms with Gasteiger partial charge in [0.05, 0.1) is 15.1 Å². The number of sulfonamides is 1. The number of nitrogens with one attached hydrogen (secondary N) is 3. The number of carbonyl (C=O) groups excluding carboxylic acids is 1. The van der Waals surface area contributed by atoms with E-state index in [1.54, 1.807) is 36.4 Å². The summed E-state index contributed by atoms with van der Waals surface area (Å²) < 4.78 is 28.1. The molecule has 0 saturated heterocycles. The van der Waals surface area contributed by atoms with E-state index in [2.05, 4.69) is 20.3 Å². The van der Waals surface area contributed by atoms with Gasteiger partial charge in [-0.2, -0.15) is 0 Å². The number of thiazole rings is 1. The summed E-state index contributed by atoms with van der Waals surface area (Å²) in [6, 6.07) is 13.2. The van der Waals surface area contributed by atoms with Gasteiger partial charge < -0.3 is 10.6 Å². The van der Waals surface area contributed by atoms with Gasteiger partial charge in [-0.05, 0) is 43.7 Å². The SMILES string of the molecule is CCC(C)NC(=O)Nc1ccc2nc(NS(=O)(=O)c3ccccc3)sc2c1. The number of fused-ring (bicyclic) bond motifs is 1. The van der Waals surface area contributed by atoms with Gasteiger partial charge in [-0.15, -0.1) is 0 Å². The maximum atomic E-state index is 12.4. The Hall–Kier alpha value is -2.65. The highest BCUT2D eigenvalue weighted by atomic mass is 32.2. The van der Waals surface area contributed by atoms with E-state index in [4.69, 9.17) is 0 Å². The van der Waals surface area contributed by atoms with Gasteiger partial charge in [-0.25, -0.2) is 18.2 Å². The van der Waals surface area contributed by atoms with Gasteiger partial charge in [0.1, 0.15) is 0 Å². The lowest BCUT2D eigenvalue weighted by Gasteiger charge is -2.12. The quantitative estimate of drug-likeness (QED) is 0.578. The van der Waals surface area contributed by atoms with E-state index in [1.165, 1.54) is 23.5 Å². The van der Waals surface area contributed by atoms with Crippen molar-refractivity contribution in [1.29, 1.82) is 0 Å². The minimum atomic E-state index is -3.69. The van der Waals surface area contributed by atoms with Crippen molar-refractivity contribution in [1.82, 2.24) is 10.3 Å². The van der Waals surface area contributed by atoms with Crippen LogP contribution in [0.5, 0.6) is 0 Å². The van der Waals surface area contributed by atoms with Gasteiger partial charge in [-0.1, -0.05) is 36.5 Å². The number of amides is 2. The van der Waals surface area contributed by atoms with E-state index in [1.807, 2.05) is 13.8 Å². The molecule has 1 heterocycles. The minimum absolute atomic E-state index is 0.0798. The minimum Gasteiger partial charge on any atom is -0.335 e. The molecule has 0 radical (unpaired) electrons. The average Bonchev–Trinajstić information content (AvgIpc) is 3.02. The first-order valence-electron chi connectivity index (χ1n) is 8.43. The van der Waals surface area contributed by atoms with E-state index >= 15 is 0 Å². The van der Waals surface area contributed by atoms with Gasteiger partial charge in [0.15, 0.2) is 5.13 Å². The summed E-state index contributed by atoms with van der Waals surface area (Å²) in [7, 11) is -3.69. The Balaban J connectivity index is 1.77. The fourth-order valence-corrected chi connectivity index (χ4v) is 4.47. The summed E-state index contributed by atoms with van der Waals surface area (Å²) >= 11 is 1.21. The highest BCUT2D eigenvalue weighted by Crippen LogP contribution is 2.29. The van der Waals surface area contributed by atoms with Crippen molar-refractivity contribution in [3.05, 3.63) is 48.5 Å². The molecule has 0 saturated carbocycles. The van der Waals surface area contributed by atoms with Crippen LogP contribution in [0.1, 0.15) is 20.3 Å². The highest BCUT2D eigenvalue weighted by Gasteiger charge is 2.16. The third kappa shape index (κ3) is 4.75. The maximum absolute atomic E-state index is 12.4. The summed E-state index contributed by atoms with van der Waals surface area (Å²) in [5.41, 5.74) is 1.27. The monoisotopic (exact) mass is 404 g/mol. The molecule has 3 rings (SSSR count). The largest absolute Gasteiger partial charge is 0.335 e. The third-order valence-electron chi connectivity index (χ3n) is 3.91. The van der Waals surface area contributed by atoms with Crippen LogP contribution < -0.4 is 15.4 Å². The van der Waals surface area contributed by atoms with Crippen molar-refractivity contribution in [3.63, 3.8) is 0 Å². The van der Waals surface area contributed by atoms with Crippen LogP contribution in [0.15, 0.2) is 53.4 Å². The van der Waals surface area contributed by atoms with Crippen molar-refractivity contribution in [2.75, 3.05) is 10.0 Å². The second-order valence-electron chi connectivity index (χ2n) is 6.03. The number of carbonyl (C=O) groups is 1. The van der Waals surface area contributed by atoms with Crippen LogP contribution in [0, 0.1) is 0 Å². The van der Waals surface area contributed by atoms with Gasteiger partial charge in [0.2, 0.25) is 0 Å². The van der Waals surface area contributed by atoms with Crippen LogP contribution in [0.3, 0.4) is 0 Å². The fourth-order valence-electron chi connectivity index (χ4n) is 2.31. The van der Waals surface area contributed by atoms with Gasteiger partial charge >= 0.3 is 6.03 Å². The molecule has 9 heteroatoms. The lowest BCUT2D eigenvalue weighted by molar-refractivity contribution is 0.249. The Morgan fingerprint density at radius 2 is 1.93 bits per heavy atom. The average molecular weight is 405 g/mol. The predicted molar refractivity (Wildman–Crippen MR) is 109 cm³/mol. The number of urea groups is 1. The molecule has 0 spiro atoms. The van der Waals surface area contributed by atoms with Crippen molar-refractivity contribution in [2.24, 2.45) is 0 Å². The molecule has 3 N–H and O–H groups in total. The molecule has 3 aromatic rings. The van der Waals surface area contributed by atoms with Gasteiger partial charge in [-0.3, -0.25) is 4.72 Å². The molecule has 2 aromatic carbocycles. The standard InChI is InChI=1S/C18H20N4O3S2/c1-3-12(2)19-17(23)20-13-9-10-15-16(11-13)26-18(21-15)22-27(24,25)14-7-5-4-6-8-14/h4-12H,3H2,1-2H3,(H,21,22)(H2,19,20,23). The van der Waals surface area contributed by atoms with Gasteiger partial charge in [0, 0.05) is 11.7 Å². The molecule has 1 unspecified atom stereocenters. The van der Waals surface area contributed by atoms with Crippen LogP contribution in [0.25, 0.3) is 10.2 Å². The molecule has 0 fully saturated rings. The number of nitrogens with zero attached hydrogens (tertiary/aromatic N) is 1. The molecule has 2 amide bonds. The normalized spacial score (nSPS) is 12.5. The van der Waals surface area contributed by atoms with Crippen LogP contribution in [-0.2, 0) is 10.0 Å². The number of anilines is 2. The van der Waals surface area contributed by atoms with Crippen molar-refractivity contribution < 1.29 is 13.2 Å². The zero-order valence-corrected chi connectivity index (χ0v) is 16.5. The number of aromatic nitrogens is 1. The number of rotatable bonds is 6. The molecule has 142 valence electrons. The Kier molecular flexibility index (Phi) is 5.62. The summed E-state index contributed by atoms with van der Waals surface area (Å²) in [5.74, 6) is 0. The highest BCUT2D eigenvalue weighted by molar-refractivity contribution is 7.93. The zero-order chi connectivity index (χ0) is 19.4. The fraction of sp³-hybridized carbons (Fsp3) is 0.222. The first kappa shape index (κ1) is 19.1. The van der Waals surface area contributed by atoms with Crippen LogP contribution in [-0.4, -0.2) is 25.5 Å². The molecule has 0 aliphatic carbocycles. The van der Waals surface area contributed by atoms with Gasteiger partial charge in [0.25, 0.3) is 10.0 Å². The Morgan fingerprint density at radius 3 is 2.63 bits per heavy atom. The topological polar surface area (TPSA) is 100 Å². The summed E-state index contributed by atoms with van der Waals surface area (Å²) in [4.78, 5) is 16.4. The second-order valence-corrected chi connectivity index (χ2v) is 8.74. The Bertz CT molecular complexity index is 1050. The molecule has 7 nitrogen and oxygen atoms in total. The molecule has 1 aromatic heterocycles. The number of benzene rings is 2. The maximum Gasteiger partial charge on any atom is 0.319 e. The smallest absolute Gasteiger partial charge is 0.319 e. The molecule has 0 aliphatic heterocycles. The second kappa shape index (κ2) is 7.93. The first-order chi connectivity index (χ1) is 12.9. The molecule has 0 bridgehead atoms. The first-order valence-corrected chi connectivity index (χ1v) is 10.7. The van der Waals surface area contributed by atoms with Crippen LogP contribution in [0.4, 0.5) is 15.6 Å². The van der Waals surface area contributed by atoms with Crippen LogP contribution >= 0.6 is 11.3 Å². The van der Waals surface area contributed by atoms with E-state index in [-0.39, 0.29) is 22.1 Å². The van der Waals surface area contributed by atoms with E-state index < -0.39 is 10.0 Å². The van der Waals surface area contributed by atoms with Crippen molar-refractivity contribution in [3.8, 4) is 0 Å². The lowest BCUT2D eigenvalue weighted by atomic mass is 10.2. The molecule has 1 atom stereocenters. The van der Waals surface area contributed by atoms with Crippen molar-refractivity contribution in [2.45, 2.75) is 31.2 Å². The molecule has 0 aliphatic rings.